The molecule has 0 saturated carbocycles. The summed E-state index contributed by atoms with van der Waals surface area (Å²) < 4.78 is 9.19. The van der Waals surface area contributed by atoms with Crippen molar-refractivity contribution in [3.8, 4) is 28.3 Å². The van der Waals surface area contributed by atoms with Crippen molar-refractivity contribution in [1.82, 2.24) is 29.8 Å². The number of benzene rings is 2. The molecule has 5 rings (SSSR count). The summed E-state index contributed by atoms with van der Waals surface area (Å²) in [5, 5.41) is 21.0. The average Bonchev–Trinajstić information content (AvgIpc) is 3.64. The number of rotatable bonds is 9. The highest BCUT2D eigenvalue weighted by molar-refractivity contribution is 5.93. The van der Waals surface area contributed by atoms with Gasteiger partial charge in [-0.1, -0.05) is 55.8 Å². The summed E-state index contributed by atoms with van der Waals surface area (Å²) in [6.07, 6.45) is 7.67. The minimum absolute atomic E-state index is 0.113. The molecule has 0 atom stereocenters. The molecule has 0 aliphatic carbocycles. The van der Waals surface area contributed by atoms with Crippen LogP contribution in [-0.4, -0.2) is 40.8 Å². The van der Waals surface area contributed by atoms with E-state index < -0.39 is 5.97 Å². The van der Waals surface area contributed by atoms with E-state index in [0.29, 0.717) is 12.2 Å². The minimum atomic E-state index is -1.03. The number of hydrogen-bond donors (Lipinski definition) is 1. The molecule has 3 heterocycles. The Bertz CT molecular complexity index is 1430. The third kappa shape index (κ3) is 4.61. The van der Waals surface area contributed by atoms with E-state index in [9.17, 15) is 9.90 Å². The van der Waals surface area contributed by atoms with Crippen molar-refractivity contribution in [3.63, 3.8) is 0 Å². The van der Waals surface area contributed by atoms with Gasteiger partial charge in [0.15, 0.2) is 5.76 Å². The minimum Gasteiger partial charge on any atom is -0.478 e. The molecule has 2 aromatic carbocycles. The Morgan fingerprint density at radius 1 is 1.09 bits per heavy atom. The normalized spacial score (nSPS) is 11.1. The fourth-order valence-corrected chi connectivity index (χ4v) is 4.09. The Balaban J connectivity index is 1.43. The molecule has 0 saturated heterocycles. The molecular weight excluding hydrogens is 444 g/mol. The summed E-state index contributed by atoms with van der Waals surface area (Å²) >= 11 is 0. The fraction of sp³-hybridized carbons (Fsp3) is 0.192. The molecule has 0 bridgehead atoms. The zero-order valence-electron chi connectivity index (χ0n) is 19.2. The second-order valence-corrected chi connectivity index (χ2v) is 8.21. The van der Waals surface area contributed by atoms with Crippen molar-refractivity contribution in [3.05, 3.63) is 90.3 Å². The van der Waals surface area contributed by atoms with Gasteiger partial charge in [0.1, 0.15) is 23.4 Å². The number of aromatic carboxylic acids is 1. The Hall–Kier alpha value is -4.53. The molecule has 0 unspecified atom stereocenters. The lowest BCUT2D eigenvalue weighted by Gasteiger charge is -2.11. The molecule has 35 heavy (non-hydrogen) atoms. The summed E-state index contributed by atoms with van der Waals surface area (Å²) in [6, 6.07) is 17.8. The number of nitrogens with zero attached hydrogens (tertiary/aromatic N) is 6. The number of aromatic nitrogens is 6. The quantitative estimate of drug-likeness (QED) is 0.328. The number of unbranched alkanes of at least 4 members (excludes halogenated alkanes) is 1. The molecule has 0 radical (unpaired) electrons. The first-order chi connectivity index (χ1) is 17.1. The molecule has 1 N–H and O–H groups in total. The van der Waals surface area contributed by atoms with E-state index in [2.05, 4.69) is 51.3 Å². The zero-order valence-corrected chi connectivity index (χ0v) is 19.2. The number of carboxylic acid groups (broad SMARTS) is 1. The number of carbonyl (C=O) groups is 1. The van der Waals surface area contributed by atoms with Gasteiger partial charge in [0.25, 0.3) is 0 Å². The third-order valence-electron chi connectivity index (χ3n) is 5.86. The Labute approximate surface area is 201 Å². The van der Waals surface area contributed by atoms with Crippen LogP contribution in [0.15, 0.2) is 77.8 Å². The highest BCUT2D eigenvalue weighted by atomic mass is 16.4. The van der Waals surface area contributed by atoms with Crippen molar-refractivity contribution in [2.24, 2.45) is 0 Å². The van der Waals surface area contributed by atoms with Crippen LogP contribution >= 0.6 is 0 Å². The van der Waals surface area contributed by atoms with Crippen molar-refractivity contribution in [2.45, 2.75) is 32.7 Å². The second-order valence-electron chi connectivity index (χ2n) is 8.21. The van der Waals surface area contributed by atoms with Gasteiger partial charge in [-0.2, -0.15) is 4.68 Å². The van der Waals surface area contributed by atoms with E-state index >= 15 is 0 Å². The van der Waals surface area contributed by atoms with Crippen LogP contribution in [-0.2, 0) is 13.0 Å². The number of furan rings is 1. The number of carboxylic acids is 1. The van der Waals surface area contributed by atoms with Crippen LogP contribution in [0.5, 0.6) is 0 Å². The number of hydrogen-bond acceptors (Lipinski definition) is 6. The Morgan fingerprint density at radius 3 is 2.66 bits per heavy atom. The number of imidazole rings is 1. The van der Waals surface area contributed by atoms with Crippen LogP contribution in [0.1, 0.15) is 41.5 Å². The molecule has 0 aliphatic rings. The predicted molar refractivity (Wildman–Crippen MR) is 129 cm³/mol. The van der Waals surface area contributed by atoms with Gasteiger partial charge in [-0.05, 0) is 40.1 Å². The maximum absolute atomic E-state index is 11.6. The smallest absolute Gasteiger partial charge is 0.339 e. The molecule has 0 aliphatic heterocycles. The van der Waals surface area contributed by atoms with Crippen LogP contribution in [0, 0.1) is 0 Å². The highest BCUT2D eigenvalue weighted by Crippen LogP contribution is 2.28. The average molecular weight is 469 g/mol. The van der Waals surface area contributed by atoms with Gasteiger partial charge in [0.05, 0.1) is 12.0 Å². The summed E-state index contributed by atoms with van der Waals surface area (Å²) in [5.74, 6) is 0.155. The first-order valence-corrected chi connectivity index (χ1v) is 11.4. The van der Waals surface area contributed by atoms with Gasteiger partial charge in [-0.25, -0.2) is 9.78 Å². The van der Waals surface area contributed by atoms with E-state index in [4.69, 9.17) is 9.40 Å². The van der Waals surface area contributed by atoms with Gasteiger partial charge in [-0.15, -0.1) is 5.10 Å². The van der Waals surface area contributed by atoms with Crippen LogP contribution < -0.4 is 0 Å². The van der Waals surface area contributed by atoms with Crippen molar-refractivity contribution in [2.75, 3.05) is 0 Å². The van der Waals surface area contributed by atoms with Crippen molar-refractivity contribution >= 4 is 5.97 Å². The summed E-state index contributed by atoms with van der Waals surface area (Å²) in [6.45, 7) is 2.75. The number of tetrazole rings is 1. The fourth-order valence-electron chi connectivity index (χ4n) is 4.09. The standard InChI is InChI=1S/C26H24N6O3/c1-2-3-8-24-28-22(25-21(26(33)34)13-14-35-25)16-31(24)15-18-9-11-19(12-10-18)20-6-4-5-7-23(20)32-17-27-29-30-32/h4-7,9-14,16-17H,2-3,8,15H2,1H3,(H,33,34). The maximum atomic E-state index is 11.6. The highest BCUT2D eigenvalue weighted by Gasteiger charge is 2.19. The largest absolute Gasteiger partial charge is 0.478 e. The molecule has 0 amide bonds. The van der Waals surface area contributed by atoms with Crippen molar-refractivity contribution in [1.29, 1.82) is 0 Å². The molecule has 176 valence electrons. The molecule has 0 spiro atoms. The lowest BCUT2D eigenvalue weighted by atomic mass is 10.0. The van der Waals surface area contributed by atoms with Gasteiger partial charge in [-0.3, -0.25) is 0 Å². The van der Waals surface area contributed by atoms with E-state index in [1.807, 2.05) is 30.5 Å². The summed E-state index contributed by atoms with van der Waals surface area (Å²) in [5.41, 5.74) is 4.73. The molecule has 9 nitrogen and oxygen atoms in total. The van der Waals surface area contributed by atoms with Gasteiger partial charge in [0.2, 0.25) is 0 Å². The summed E-state index contributed by atoms with van der Waals surface area (Å²) in [7, 11) is 0. The van der Waals surface area contributed by atoms with Gasteiger partial charge < -0.3 is 14.1 Å². The molecule has 5 aromatic rings. The maximum Gasteiger partial charge on any atom is 0.339 e. The lowest BCUT2D eigenvalue weighted by molar-refractivity contribution is 0.0697. The van der Waals surface area contributed by atoms with Crippen LogP contribution in [0.3, 0.4) is 0 Å². The van der Waals surface area contributed by atoms with E-state index in [-0.39, 0.29) is 11.3 Å². The molecule has 3 aromatic heterocycles. The first kappa shape index (κ1) is 22.3. The van der Waals surface area contributed by atoms with Crippen LogP contribution in [0.4, 0.5) is 0 Å². The SMILES string of the molecule is CCCCc1nc(-c2occc2C(=O)O)cn1Cc1ccc(-c2ccccc2-n2cnnn2)cc1. The molecule has 9 heteroatoms. The second kappa shape index (κ2) is 9.76. The molecular formula is C26H24N6O3. The third-order valence-corrected chi connectivity index (χ3v) is 5.86. The van der Waals surface area contributed by atoms with Gasteiger partial charge >= 0.3 is 5.97 Å². The Kier molecular flexibility index (Phi) is 6.21. The van der Waals surface area contributed by atoms with Crippen LogP contribution in [0.25, 0.3) is 28.3 Å². The topological polar surface area (TPSA) is 112 Å². The van der Waals surface area contributed by atoms with E-state index in [0.717, 1.165) is 47.5 Å². The lowest BCUT2D eigenvalue weighted by Crippen LogP contribution is -2.04. The zero-order chi connectivity index (χ0) is 24.2. The Morgan fingerprint density at radius 2 is 1.91 bits per heavy atom. The van der Waals surface area contributed by atoms with Crippen LogP contribution in [0.2, 0.25) is 0 Å². The monoisotopic (exact) mass is 468 g/mol. The van der Waals surface area contributed by atoms with Gasteiger partial charge in [0, 0.05) is 24.7 Å². The molecule has 0 fully saturated rings. The van der Waals surface area contributed by atoms with E-state index in [1.54, 1.807) is 11.0 Å². The number of para-hydroxylation sites is 1. The summed E-state index contributed by atoms with van der Waals surface area (Å²) in [4.78, 5) is 16.3. The predicted octanol–water partition coefficient (Wildman–Crippen LogP) is 4.87. The van der Waals surface area contributed by atoms with E-state index in [1.165, 1.54) is 12.3 Å². The first-order valence-electron chi connectivity index (χ1n) is 11.4. The van der Waals surface area contributed by atoms with Crippen molar-refractivity contribution < 1.29 is 14.3 Å². The number of aryl methyl sites for hydroxylation is 1.